The highest BCUT2D eigenvalue weighted by atomic mass is 35.5. The molecule has 1 nitrogen and oxygen atoms in total. The molecule has 0 saturated heterocycles. The lowest BCUT2D eigenvalue weighted by Gasteiger charge is -2.08. The van der Waals surface area contributed by atoms with Crippen molar-refractivity contribution in [1.29, 1.82) is 0 Å². The highest BCUT2D eigenvalue weighted by Gasteiger charge is 2.00. The van der Waals surface area contributed by atoms with Crippen molar-refractivity contribution >= 4 is 23.2 Å². The van der Waals surface area contributed by atoms with Crippen LogP contribution >= 0.6 is 23.2 Å². The van der Waals surface area contributed by atoms with Crippen molar-refractivity contribution in [2.24, 2.45) is 0 Å². The van der Waals surface area contributed by atoms with Gasteiger partial charge in [0, 0.05) is 0 Å². The van der Waals surface area contributed by atoms with Crippen molar-refractivity contribution in [1.82, 2.24) is 0 Å². The smallest absolute Gasteiger partial charge is 0.119 e. The van der Waals surface area contributed by atoms with Gasteiger partial charge in [-0.25, -0.2) is 0 Å². The maximum atomic E-state index is 5.66. The van der Waals surface area contributed by atoms with Crippen LogP contribution in [0.25, 0.3) is 11.1 Å². The Kier molecular flexibility index (Phi) is 4.89. The second kappa shape index (κ2) is 6.65. The van der Waals surface area contributed by atoms with Crippen LogP contribution in [0.4, 0.5) is 0 Å². The normalized spacial score (nSPS) is 10.1. The van der Waals surface area contributed by atoms with Gasteiger partial charge in [-0.15, -0.1) is 0 Å². The first kappa shape index (κ1) is 14.0. The standard InChI is InChI=1S/C16H14Cl2O/c1-12(16(17)18)11-19-15-9-7-14(8-10-15)13-5-3-2-4-6-13/h2-10H,11H2,1H3. The Balaban J connectivity index is 2.05. The fraction of sp³-hybridized carbons (Fsp3) is 0.125. The largest absolute Gasteiger partial charge is 0.489 e. The Morgan fingerprint density at radius 1 is 0.895 bits per heavy atom. The summed E-state index contributed by atoms with van der Waals surface area (Å²) in [7, 11) is 0. The van der Waals surface area contributed by atoms with Crippen molar-refractivity contribution < 1.29 is 4.74 Å². The topological polar surface area (TPSA) is 9.23 Å². The Morgan fingerprint density at radius 3 is 2.05 bits per heavy atom. The minimum atomic E-state index is 0.265. The number of hydrogen-bond acceptors (Lipinski definition) is 1. The van der Waals surface area contributed by atoms with Gasteiger partial charge in [-0.2, -0.15) is 0 Å². The van der Waals surface area contributed by atoms with Gasteiger partial charge in [0.25, 0.3) is 0 Å². The molecule has 0 aliphatic carbocycles. The molecule has 2 aromatic carbocycles. The van der Waals surface area contributed by atoms with E-state index in [9.17, 15) is 0 Å². The van der Waals surface area contributed by atoms with Gasteiger partial charge in [0.15, 0.2) is 0 Å². The van der Waals surface area contributed by atoms with Gasteiger partial charge in [0.05, 0.1) is 0 Å². The molecule has 0 atom stereocenters. The molecule has 19 heavy (non-hydrogen) atoms. The van der Waals surface area contributed by atoms with Gasteiger partial charge >= 0.3 is 0 Å². The third kappa shape index (κ3) is 4.02. The van der Waals surface area contributed by atoms with E-state index >= 15 is 0 Å². The van der Waals surface area contributed by atoms with Crippen LogP contribution in [-0.2, 0) is 0 Å². The van der Waals surface area contributed by atoms with Crippen LogP contribution in [0.5, 0.6) is 5.75 Å². The van der Waals surface area contributed by atoms with E-state index in [1.54, 1.807) is 0 Å². The molecule has 0 saturated carbocycles. The third-order valence-electron chi connectivity index (χ3n) is 2.74. The molecule has 98 valence electrons. The summed E-state index contributed by atoms with van der Waals surface area (Å²) >= 11 is 11.3. The second-order valence-corrected chi connectivity index (χ2v) is 5.17. The fourth-order valence-corrected chi connectivity index (χ4v) is 1.73. The number of ether oxygens (including phenoxy) is 1. The lowest BCUT2D eigenvalue weighted by molar-refractivity contribution is 0.352. The Morgan fingerprint density at radius 2 is 1.47 bits per heavy atom. The Labute approximate surface area is 123 Å². The summed E-state index contributed by atoms with van der Waals surface area (Å²) in [6.45, 7) is 2.24. The molecule has 0 aliphatic rings. The third-order valence-corrected chi connectivity index (χ3v) is 3.38. The maximum absolute atomic E-state index is 5.66. The fourth-order valence-electron chi connectivity index (χ4n) is 1.62. The van der Waals surface area contributed by atoms with E-state index in [2.05, 4.69) is 12.1 Å². The number of halogens is 2. The molecule has 0 unspecified atom stereocenters. The van der Waals surface area contributed by atoms with Gasteiger partial charge in [0.1, 0.15) is 16.8 Å². The predicted molar refractivity (Wildman–Crippen MR) is 81.8 cm³/mol. The molecule has 0 bridgehead atoms. The lowest BCUT2D eigenvalue weighted by atomic mass is 10.1. The molecule has 2 aromatic rings. The molecule has 0 spiro atoms. The van der Waals surface area contributed by atoms with Crippen molar-refractivity contribution in [2.45, 2.75) is 6.92 Å². The molecule has 0 aliphatic heterocycles. The van der Waals surface area contributed by atoms with Crippen molar-refractivity contribution in [3.05, 3.63) is 64.7 Å². The van der Waals surface area contributed by atoms with Crippen molar-refractivity contribution in [2.75, 3.05) is 6.61 Å². The minimum absolute atomic E-state index is 0.265. The summed E-state index contributed by atoms with van der Waals surface area (Å²) in [6.07, 6.45) is 0. The van der Waals surface area contributed by atoms with E-state index in [0.29, 0.717) is 6.61 Å². The summed E-state index contributed by atoms with van der Waals surface area (Å²) in [6, 6.07) is 18.2. The number of rotatable bonds is 4. The minimum Gasteiger partial charge on any atom is -0.489 e. The zero-order valence-corrected chi connectivity index (χ0v) is 12.1. The lowest BCUT2D eigenvalue weighted by Crippen LogP contribution is -1.98. The summed E-state index contributed by atoms with van der Waals surface area (Å²) in [5.41, 5.74) is 3.17. The first-order valence-corrected chi connectivity index (χ1v) is 6.71. The molecule has 0 N–H and O–H groups in total. The molecule has 0 amide bonds. The zero-order valence-electron chi connectivity index (χ0n) is 10.6. The van der Waals surface area contributed by atoms with E-state index in [-0.39, 0.29) is 4.49 Å². The number of hydrogen-bond donors (Lipinski definition) is 0. The molecular weight excluding hydrogens is 279 g/mol. The maximum Gasteiger partial charge on any atom is 0.119 e. The zero-order chi connectivity index (χ0) is 13.7. The van der Waals surface area contributed by atoms with Crippen molar-refractivity contribution in [3.8, 4) is 16.9 Å². The summed E-state index contributed by atoms with van der Waals surface area (Å²) in [4.78, 5) is 0. The van der Waals surface area contributed by atoms with Crippen molar-refractivity contribution in [3.63, 3.8) is 0 Å². The molecule has 0 fully saturated rings. The van der Waals surface area contributed by atoms with E-state index < -0.39 is 0 Å². The molecule has 3 heteroatoms. The molecule has 0 aromatic heterocycles. The number of benzene rings is 2. The molecule has 2 rings (SSSR count). The van der Waals surface area contributed by atoms with E-state index in [1.807, 2.05) is 49.4 Å². The second-order valence-electron chi connectivity index (χ2n) is 4.22. The van der Waals surface area contributed by atoms with E-state index in [4.69, 9.17) is 27.9 Å². The van der Waals surface area contributed by atoms with Crippen LogP contribution in [0.3, 0.4) is 0 Å². The average molecular weight is 293 g/mol. The summed E-state index contributed by atoms with van der Waals surface area (Å²) in [5, 5.41) is 0. The van der Waals surface area contributed by atoms with Crippen LogP contribution in [0.15, 0.2) is 64.7 Å². The van der Waals surface area contributed by atoms with Crippen LogP contribution < -0.4 is 4.74 Å². The van der Waals surface area contributed by atoms with E-state index in [0.717, 1.165) is 16.9 Å². The first-order chi connectivity index (χ1) is 9.16. The quantitative estimate of drug-likeness (QED) is 0.729. The average Bonchev–Trinajstić information content (AvgIpc) is 2.46. The SMILES string of the molecule is CC(COc1ccc(-c2ccccc2)cc1)=C(Cl)Cl. The molecular formula is C16H14Cl2O. The van der Waals surface area contributed by atoms with Gasteiger partial charge in [-0.3, -0.25) is 0 Å². The van der Waals surface area contributed by atoms with Gasteiger partial charge in [-0.1, -0.05) is 65.7 Å². The Hall–Kier alpha value is -1.44. The summed E-state index contributed by atoms with van der Waals surface area (Å²) < 4.78 is 5.86. The van der Waals surface area contributed by atoms with Gasteiger partial charge in [-0.05, 0) is 35.8 Å². The molecule has 0 radical (unpaired) electrons. The van der Waals surface area contributed by atoms with Gasteiger partial charge < -0.3 is 4.74 Å². The monoisotopic (exact) mass is 292 g/mol. The first-order valence-electron chi connectivity index (χ1n) is 5.96. The Bertz CT molecular complexity index is 555. The van der Waals surface area contributed by atoms with Crippen LogP contribution in [0.2, 0.25) is 0 Å². The predicted octanol–water partition coefficient (Wildman–Crippen LogP) is 5.44. The highest BCUT2D eigenvalue weighted by molar-refractivity contribution is 6.56. The van der Waals surface area contributed by atoms with Crippen LogP contribution in [-0.4, -0.2) is 6.61 Å². The summed E-state index contributed by atoms with van der Waals surface area (Å²) in [5.74, 6) is 0.800. The van der Waals surface area contributed by atoms with Gasteiger partial charge in [0.2, 0.25) is 0 Å². The highest BCUT2D eigenvalue weighted by Crippen LogP contribution is 2.22. The molecule has 0 heterocycles. The van der Waals surface area contributed by atoms with Crippen LogP contribution in [0, 0.1) is 0 Å². The van der Waals surface area contributed by atoms with Crippen LogP contribution in [0.1, 0.15) is 6.92 Å². The van der Waals surface area contributed by atoms with E-state index in [1.165, 1.54) is 5.56 Å².